The third-order valence-corrected chi connectivity index (χ3v) is 5.49. The van der Waals surface area contributed by atoms with Crippen LogP contribution in [0.1, 0.15) is 46.8 Å². The number of hydrogen-bond donors (Lipinski definition) is 0. The van der Waals surface area contributed by atoms with Crippen LogP contribution in [-0.2, 0) is 6.54 Å². The largest absolute Gasteiger partial charge is 0.332 e. The summed E-state index contributed by atoms with van der Waals surface area (Å²) in [6, 6.07) is 18.7. The van der Waals surface area contributed by atoms with Crippen LogP contribution in [0.15, 0.2) is 60.8 Å². The number of aromatic nitrogens is 1. The van der Waals surface area contributed by atoms with Crippen LogP contribution in [0.5, 0.6) is 0 Å². The molecular weight excluding hydrogens is 346 g/mol. The highest BCUT2D eigenvalue weighted by molar-refractivity contribution is 6.05. The molecule has 1 saturated heterocycles. The first-order valence-electron chi connectivity index (χ1n) is 10.0. The van der Waals surface area contributed by atoms with Crippen molar-refractivity contribution in [3.8, 4) is 0 Å². The summed E-state index contributed by atoms with van der Waals surface area (Å²) in [4.78, 5) is 22.2. The van der Waals surface area contributed by atoms with E-state index in [1.54, 1.807) is 6.20 Å². The van der Waals surface area contributed by atoms with Gasteiger partial charge in [-0.3, -0.25) is 9.78 Å². The first-order chi connectivity index (χ1) is 13.6. The molecule has 1 atom stereocenters. The Hall–Kier alpha value is -2.72. The van der Waals surface area contributed by atoms with Crippen LogP contribution in [0.3, 0.4) is 0 Å². The fourth-order valence-electron chi connectivity index (χ4n) is 4.16. The SMILES string of the molecule is CN(C)Cc1ccc([C@H]2CCCCN2C(=O)c2cccc3cccnc23)cc1. The predicted octanol–water partition coefficient (Wildman–Crippen LogP) is 4.66. The number of rotatable bonds is 4. The second-order valence-electron chi connectivity index (χ2n) is 7.87. The van der Waals surface area contributed by atoms with Gasteiger partial charge in [0.15, 0.2) is 0 Å². The van der Waals surface area contributed by atoms with E-state index in [1.165, 1.54) is 11.1 Å². The second-order valence-corrected chi connectivity index (χ2v) is 7.87. The van der Waals surface area contributed by atoms with Crippen molar-refractivity contribution in [1.29, 1.82) is 0 Å². The topological polar surface area (TPSA) is 36.4 Å². The highest BCUT2D eigenvalue weighted by atomic mass is 16.2. The van der Waals surface area contributed by atoms with E-state index in [1.807, 2.05) is 35.2 Å². The van der Waals surface area contributed by atoms with Crippen molar-refractivity contribution in [3.63, 3.8) is 0 Å². The Bertz CT molecular complexity index is 960. The van der Waals surface area contributed by atoms with Gasteiger partial charge in [0.25, 0.3) is 5.91 Å². The molecule has 1 aliphatic heterocycles. The molecule has 1 aliphatic rings. The van der Waals surface area contributed by atoms with Crippen molar-refractivity contribution >= 4 is 16.8 Å². The molecule has 1 amide bonds. The number of amides is 1. The second kappa shape index (κ2) is 8.11. The summed E-state index contributed by atoms with van der Waals surface area (Å²) in [5, 5.41) is 1.01. The van der Waals surface area contributed by atoms with Gasteiger partial charge in [-0.15, -0.1) is 0 Å². The van der Waals surface area contributed by atoms with Crippen LogP contribution in [0, 0.1) is 0 Å². The highest BCUT2D eigenvalue weighted by Crippen LogP contribution is 2.33. The van der Waals surface area contributed by atoms with Crippen LogP contribution in [0.2, 0.25) is 0 Å². The summed E-state index contributed by atoms with van der Waals surface area (Å²) in [5.74, 6) is 0.0892. The zero-order valence-electron chi connectivity index (χ0n) is 16.6. The van der Waals surface area contributed by atoms with Crippen LogP contribution in [0.25, 0.3) is 10.9 Å². The lowest BCUT2D eigenvalue weighted by Gasteiger charge is -2.36. The maximum Gasteiger partial charge on any atom is 0.256 e. The normalized spacial score (nSPS) is 17.2. The Morgan fingerprint density at radius 2 is 1.86 bits per heavy atom. The number of pyridine rings is 1. The zero-order valence-corrected chi connectivity index (χ0v) is 16.6. The van der Waals surface area contributed by atoms with Crippen molar-refractivity contribution < 1.29 is 4.79 Å². The third-order valence-electron chi connectivity index (χ3n) is 5.49. The lowest BCUT2D eigenvalue weighted by Crippen LogP contribution is -2.38. The van der Waals surface area contributed by atoms with Crippen LogP contribution in [0.4, 0.5) is 0 Å². The number of hydrogen-bond acceptors (Lipinski definition) is 3. The molecule has 1 fully saturated rings. The molecule has 0 N–H and O–H groups in total. The van der Waals surface area contributed by atoms with Crippen LogP contribution >= 0.6 is 0 Å². The highest BCUT2D eigenvalue weighted by Gasteiger charge is 2.29. The van der Waals surface area contributed by atoms with Gasteiger partial charge in [0.05, 0.1) is 17.1 Å². The summed E-state index contributed by atoms with van der Waals surface area (Å²) in [5.41, 5.74) is 4.01. The van der Waals surface area contributed by atoms with Gasteiger partial charge >= 0.3 is 0 Å². The number of carbonyl (C=O) groups is 1. The van der Waals surface area contributed by atoms with Crippen molar-refractivity contribution in [2.45, 2.75) is 31.8 Å². The lowest BCUT2D eigenvalue weighted by molar-refractivity contribution is 0.0613. The third kappa shape index (κ3) is 3.78. The number of piperidine rings is 1. The average molecular weight is 374 g/mol. The molecule has 0 bridgehead atoms. The fourth-order valence-corrected chi connectivity index (χ4v) is 4.16. The standard InChI is InChI=1S/C24H27N3O/c1-26(2)17-18-11-13-19(14-12-18)22-10-3-4-16-27(22)24(28)21-9-5-7-20-8-6-15-25-23(20)21/h5-9,11-15,22H,3-4,10,16-17H2,1-2H3/t22-/m1/s1. The minimum atomic E-state index is 0.0892. The summed E-state index contributed by atoms with van der Waals surface area (Å²) < 4.78 is 0. The zero-order chi connectivity index (χ0) is 19.5. The molecule has 144 valence electrons. The van der Waals surface area contributed by atoms with Gasteiger partial charge < -0.3 is 9.80 Å². The Kier molecular flexibility index (Phi) is 5.40. The maximum atomic E-state index is 13.5. The van der Waals surface area contributed by atoms with Crippen molar-refractivity contribution in [2.24, 2.45) is 0 Å². The van der Waals surface area contributed by atoms with Crippen molar-refractivity contribution in [2.75, 3.05) is 20.6 Å². The van der Waals surface area contributed by atoms with E-state index in [4.69, 9.17) is 0 Å². The van der Waals surface area contributed by atoms with E-state index in [9.17, 15) is 4.79 Å². The number of benzene rings is 2. The molecule has 4 rings (SSSR count). The Labute approximate surface area is 166 Å². The molecule has 0 aliphatic carbocycles. The van der Waals surface area contributed by atoms with Gasteiger partial charge in [-0.05, 0) is 56.6 Å². The Morgan fingerprint density at radius 3 is 2.64 bits per heavy atom. The number of likely N-dealkylation sites (tertiary alicyclic amines) is 1. The molecule has 2 aromatic carbocycles. The first kappa shape index (κ1) is 18.6. The van der Waals surface area contributed by atoms with E-state index >= 15 is 0 Å². The molecule has 0 saturated carbocycles. The van der Waals surface area contributed by atoms with Crippen LogP contribution < -0.4 is 0 Å². The summed E-state index contributed by atoms with van der Waals surface area (Å²) in [6.07, 6.45) is 4.98. The van der Waals surface area contributed by atoms with Gasteiger partial charge in [-0.2, -0.15) is 0 Å². The van der Waals surface area contributed by atoms with E-state index in [0.29, 0.717) is 5.56 Å². The smallest absolute Gasteiger partial charge is 0.256 e. The fraction of sp³-hybridized carbons (Fsp3) is 0.333. The van der Waals surface area contributed by atoms with Gasteiger partial charge in [-0.1, -0.05) is 42.5 Å². The minimum absolute atomic E-state index is 0.0892. The monoisotopic (exact) mass is 373 g/mol. The molecule has 4 heteroatoms. The number of carbonyl (C=O) groups excluding carboxylic acids is 1. The number of fused-ring (bicyclic) bond motifs is 1. The summed E-state index contributed by atoms with van der Waals surface area (Å²) >= 11 is 0. The van der Waals surface area contributed by atoms with E-state index in [-0.39, 0.29) is 11.9 Å². The minimum Gasteiger partial charge on any atom is -0.332 e. The van der Waals surface area contributed by atoms with E-state index in [0.717, 1.165) is 43.3 Å². The Morgan fingerprint density at radius 1 is 1.07 bits per heavy atom. The van der Waals surface area contributed by atoms with E-state index in [2.05, 4.69) is 48.2 Å². The lowest BCUT2D eigenvalue weighted by atomic mass is 9.93. The quantitative estimate of drug-likeness (QED) is 0.667. The first-order valence-corrected chi connectivity index (χ1v) is 10.0. The summed E-state index contributed by atoms with van der Waals surface area (Å²) in [7, 11) is 4.15. The van der Waals surface area contributed by atoms with Gasteiger partial charge in [0.1, 0.15) is 0 Å². The van der Waals surface area contributed by atoms with Crippen molar-refractivity contribution in [1.82, 2.24) is 14.8 Å². The van der Waals surface area contributed by atoms with Gasteiger partial charge in [0.2, 0.25) is 0 Å². The molecule has 2 heterocycles. The molecule has 1 aromatic heterocycles. The molecule has 4 nitrogen and oxygen atoms in total. The number of para-hydroxylation sites is 1. The maximum absolute atomic E-state index is 13.5. The molecule has 0 radical (unpaired) electrons. The molecule has 0 unspecified atom stereocenters. The Balaban J connectivity index is 1.64. The van der Waals surface area contributed by atoms with Gasteiger partial charge in [0, 0.05) is 24.7 Å². The molecule has 28 heavy (non-hydrogen) atoms. The van der Waals surface area contributed by atoms with Crippen molar-refractivity contribution in [3.05, 3.63) is 77.5 Å². The molecule has 3 aromatic rings. The average Bonchev–Trinajstić information content (AvgIpc) is 2.73. The van der Waals surface area contributed by atoms with Crippen LogP contribution in [-0.4, -0.2) is 41.3 Å². The molecule has 0 spiro atoms. The molecular formula is C24H27N3O. The van der Waals surface area contributed by atoms with Gasteiger partial charge in [-0.25, -0.2) is 0 Å². The summed E-state index contributed by atoms with van der Waals surface area (Å²) in [6.45, 7) is 1.72. The van der Waals surface area contributed by atoms with E-state index < -0.39 is 0 Å². The number of nitrogens with zero attached hydrogens (tertiary/aromatic N) is 3. The predicted molar refractivity (Wildman–Crippen MR) is 113 cm³/mol.